The zero-order valence-corrected chi connectivity index (χ0v) is 32.2. The number of hydrogen-bond donors (Lipinski definition) is 2. The Bertz CT molecular complexity index is 1410. The van der Waals surface area contributed by atoms with Gasteiger partial charge in [0.25, 0.3) is 0 Å². The minimum atomic E-state index is -0.462. The van der Waals surface area contributed by atoms with Gasteiger partial charge < -0.3 is 20.1 Å². The van der Waals surface area contributed by atoms with E-state index < -0.39 is 12.2 Å². The number of allylic oxidation sites excluding steroid dienone is 4. The number of carbonyl (C=O) groups is 3. The molecule has 8 aliphatic rings. The fourth-order valence-electron chi connectivity index (χ4n) is 15.2. The first kappa shape index (κ1) is 35.5. The van der Waals surface area contributed by atoms with Gasteiger partial charge in [-0.2, -0.15) is 0 Å². The van der Waals surface area contributed by atoms with Crippen molar-refractivity contribution in [2.45, 2.75) is 131 Å². The van der Waals surface area contributed by atoms with Crippen LogP contribution < -0.4 is 10.6 Å². The van der Waals surface area contributed by atoms with Gasteiger partial charge in [-0.3, -0.25) is 4.79 Å². The topological polar surface area (TPSA) is 93.7 Å². The smallest absolute Gasteiger partial charge is 0.408 e. The Balaban J connectivity index is 0.845. The Kier molecular flexibility index (Phi) is 9.09. The van der Waals surface area contributed by atoms with Crippen LogP contribution in [0.2, 0.25) is 0 Å². The molecule has 0 bridgehead atoms. The summed E-state index contributed by atoms with van der Waals surface area (Å²) < 4.78 is 12.4. The van der Waals surface area contributed by atoms with Crippen LogP contribution in [0.1, 0.15) is 119 Å². The molecule has 16 atom stereocenters. The minimum absolute atomic E-state index is 0.00867. The van der Waals surface area contributed by atoms with E-state index in [2.05, 4.69) is 64.8 Å². The lowest BCUT2D eigenvalue weighted by Gasteiger charge is -2.58. The highest BCUT2D eigenvalue weighted by molar-refractivity contribution is 5.91. The first-order valence-corrected chi connectivity index (χ1v) is 20.8. The van der Waals surface area contributed by atoms with E-state index in [-0.39, 0.29) is 29.7 Å². The molecule has 0 aromatic rings. The van der Waals surface area contributed by atoms with E-state index in [1.165, 1.54) is 24.0 Å². The SMILES string of the molecule is C=C1C=C2C[C@@H](C)C3C(C2CC1)[C@@H](C)C[C@@]1(C)C3CC[C@@H]1OC(=O)NCNC(=O)O[C@H]1CCC2C3C(C4CCC(=O)C=C4C[C@H]3C)[C@@H](C)C[C@@]21C. The van der Waals surface area contributed by atoms with Crippen LogP contribution in [0.5, 0.6) is 0 Å². The third-order valence-corrected chi connectivity index (χ3v) is 16.8. The summed E-state index contributed by atoms with van der Waals surface area (Å²) in [4.78, 5) is 38.6. The Hall–Kier alpha value is -2.57. The van der Waals surface area contributed by atoms with Gasteiger partial charge in [-0.25, -0.2) is 9.59 Å². The molecule has 0 heterocycles. The highest BCUT2D eigenvalue weighted by Gasteiger charge is 2.62. The van der Waals surface area contributed by atoms with Crippen LogP contribution in [0.3, 0.4) is 0 Å². The van der Waals surface area contributed by atoms with Crippen molar-refractivity contribution in [3.8, 4) is 0 Å². The van der Waals surface area contributed by atoms with Gasteiger partial charge in [0.2, 0.25) is 0 Å². The van der Waals surface area contributed by atoms with E-state index >= 15 is 0 Å². The van der Waals surface area contributed by atoms with Gasteiger partial charge >= 0.3 is 12.2 Å². The standard InChI is InChI=1S/C44H64N2O5/c1-23-8-10-31-28(16-23)17-24(2)39-33-12-14-35(43(33,6)20-26(4)37(31)39)50-41(48)45-22-46-42(49)51-36-15-13-34-40-25(3)18-29-19-30(47)9-11-32(29)38(40)27(5)21-44(34,36)7/h16,19,24-27,31-40H,1,8-15,17-18,20-22H2,2-7H3,(H,45,48)(H,46,49)/t24-,25-,26+,27+,31?,32?,33?,34?,35+,36+,37?,38?,39?,40?,43+,44+/m1/s1. The Morgan fingerprint density at radius 3 is 1.67 bits per heavy atom. The van der Waals surface area contributed by atoms with Gasteiger partial charge in [-0.15, -0.1) is 0 Å². The van der Waals surface area contributed by atoms with E-state index in [0.29, 0.717) is 83.2 Å². The molecule has 8 aliphatic carbocycles. The molecule has 8 unspecified atom stereocenters. The normalized spacial score (nSPS) is 48.4. The van der Waals surface area contributed by atoms with Gasteiger partial charge in [0, 0.05) is 17.3 Å². The predicted octanol–water partition coefficient (Wildman–Crippen LogP) is 9.39. The van der Waals surface area contributed by atoms with Crippen LogP contribution in [0, 0.1) is 81.8 Å². The van der Waals surface area contributed by atoms with Gasteiger partial charge in [0.1, 0.15) is 12.2 Å². The van der Waals surface area contributed by atoms with E-state index in [1.54, 1.807) is 5.57 Å². The quantitative estimate of drug-likeness (QED) is 0.285. The van der Waals surface area contributed by atoms with E-state index in [9.17, 15) is 14.4 Å². The van der Waals surface area contributed by atoms with Crippen LogP contribution in [0.15, 0.2) is 35.5 Å². The van der Waals surface area contributed by atoms with Crippen LogP contribution in [-0.4, -0.2) is 36.8 Å². The van der Waals surface area contributed by atoms with Crippen molar-refractivity contribution in [3.63, 3.8) is 0 Å². The van der Waals surface area contributed by atoms with Crippen molar-refractivity contribution in [3.05, 3.63) is 35.5 Å². The van der Waals surface area contributed by atoms with Crippen LogP contribution in [-0.2, 0) is 14.3 Å². The maximum atomic E-state index is 13.2. The third-order valence-electron chi connectivity index (χ3n) is 16.8. The second-order valence-electron chi connectivity index (χ2n) is 19.6. The molecule has 6 saturated carbocycles. The average Bonchev–Trinajstić information content (AvgIpc) is 3.55. The number of rotatable bonds is 4. The van der Waals surface area contributed by atoms with Crippen molar-refractivity contribution >= 4 is 18.0 Å². The second kappa shape index (κ2) is 13.1. The summed E-state index contributed by atoms with van der Waals surface area (Å²) >= 11 is 0. The second-order valence-corrected chi connectivity index (χ2v) is 19.6. The van der Waals surface area contributed by atoms with Crippen molar-refractivity contribution < 1.29 is 23.9 Å². The van der Waals surface area contributed by atoms with Crippen molar-refractivity contribution in [2.24, 2.45) is 81.8 Å². The number of fused-ring (bicyclic) bond motifs is 10. The van der Waals surface area contributed by atoms with Gasteiger partial charge in [0.05, 0.1) is 6.67 Å². The average molecular weight is 701 g/mol. The summed E-state index contributed by atoms with van der Waals surface area (Å²) in [6.07, 6.45) is 15.6. The van der Waals surface area contributed by atoms with E-state index in [1.807, 2.05) is 6.08 Å². The Morgan fingerprint density at radius 1 is 0.686 bits per heavy atom. The van der Waals surface area contributed by atoms with Gasteiger partial charge in [-0.05, 0) is 148 Å². The molecule has 0 spiro atoms. The number of carbonyl (C=O) groups excluding carboxylic acids is 3. The van der Waals surface area contributed by atoms with Gasteiger partial charge in [0.15, 0.2) is 5.78 Å². The highest BCUT2D eigenvalue weighted by atomic mass is 16.6. The third kappa shape index (κ3) is 5.84. The van der Waals surface area contributed by atoms with Crippen LogP contribution in [0.4, 0.5) is 9.59 Å². The lowest BCUT2D eigenvalue weighted by atomic mass is 9.47. The number of ketones is 1. The molecule has 8 rings (SSSR count). The summed E-state index contributed by atoms with van der Waals surface area (Å²) in [5.41, 5.74) is 4.26. The fourth-order valence-corrected chi connectivity index (χ4v) is 15.2. The molecule has 7 nitrogen and oxygen atoms in total. The number of ether oxygens (including phenoxy) is 2. The van der Waals surface area contributed by atoms with Crippen LogP contribution >= 0.6 is 0 Å². The summed E-state index contributed by atoms with van der Waals surface area (Å²) in [5, 5.41) is 5.64. The summed E-state index contributed by atoms with van der Waals surface area (Å²) in [5.74, 6) is 7.48. The van der Waals surface area contributed by atoms with Crippen LogP contribution in [0.25, 0.3) is 0 Å². The zero-order chi connectivity index (χ0) is 36.0. The molecule has 0 aliphatic heterocycles. The molecule has 6 fully saturated rings. The van der Waals surface area contributed by atoms with Gasteiger partial charge in [-0.1, -0.05) is 70.9 Å². The predicted molar refractivity (Wildman–Crippen MR) is 198 cm³/mol. The minimum Gasteiger partial charge on any atom is -0.446 e. The summed E-state index contributed by atoms with van der Waals surface area (Å²) in [7, 11) is 0. The molecule has 2 N–H and O–H groups in total. The lowest BCUT2D eigenvalue weighted by Crippen LogP contribution is -2.54. The Morgan fingerprint density at radius 2 is 1.16 bits per heavy atom. The monoisotopic (exact) mass is 700 g/mol. The maximum Gasteiger partial charge on any atom is 0.408 e. The fraction of sp³-hybridized carbons (Fsp3) is 0.795. The number of amides is 2. The highest BCUT2D eigenvalue weighted by Crippen LogP contribution is 2.67. The Labute approximate surface area is 306 Å². The number of hydrogen-bond acceptors (Lipinski definition) is 5. The zero-order valence-electron chi connectivity index (χ0n) is 32.2. The van der Waals surface area contributed by atoms with Crippen molar-refractivity contribution in [1.29, 1.82) is 0 Å². The molecular weight excluding hydrogens is 636 g/mol. The maximum absolute atomic E-state index is 13.2. The first-order chi connectivity index (χ1) is 24.3. The first-order valence-electron chi connectivity index (χ1n) is 20.8. The lowest BCUT2D eigenvalue weighted by molar-refractivity contribution is -0.118. The van der Waals surface area contributed by atoms with E-state index in [4.69, 9.17) is 9.47 Å². The van der Waals surface area contributed by atoms with Crippen molar-refractivity contribution in [2.75, 3.05) is 6.67 Å². The molecule has 0 saturated heterocycles. The summed E-state index contributed by atoms with van der Waals surface area (Å²) in [6.45, 7) is 18.7. The largest absolute Gasteiger partial charge is 0.446 e. The molecule has 280 valence electrons. The number of nitrogens with one attached hydrogen (secondary N) is 2. The molecule has 2 amide bonds. The summed E-state index contributed by atoms with van der Waals surface area (Å²) in [6, 6.07) is 0. The number of alkyl carbamates (subject to hydrolysis) is 2. The van der Waals surface area contributed by atoms with Crippen molar-refractivity contribution in [1.82, 2.24) is 10.6 Å². The molecule has 51 heavy (non-hydrogen) atoms. The molecule has 0 radical (unpaired) electrons. The molecule has 7 heteroatoms. The van der Waals surface area contributed by atoms with E-state index in [0.717, 1.165) is 57.8 Å². The molecule has 0 aromatic carbocycles. The molecular formula is C44H64N2O5. The molecule has 0 aromatic heterocycles.